The zero-order valence-electron chi connectivity index (χ0n) is 23.6. The Morgan fingerprint density at radius 2 is 2.10 bits per heavy atom. The van der Waals surface area contributed by atoms with E-state index in [1.807, 2.05) is 43.5 Å². The van der Waals surface area contributed by atoms with E-state index in [2.05, 4.69) is 16.8 Å². The normalized spacial score (nSPS) is 19.6. The third kappa shape index (κ3) is 5.41. The van der Waals surface area contributed by atoms with Crippen LogP contribution in [0, 0.1) is 17.1 Å². The van der Waals surface area contributed by atoms with Crippen molar-refractivity contribution >= 4 is 22.9 Å². The van der Waals surface area contributed by atoms with Gasteiger partial charge in [0.05, 0.1) is 38.5 Å². The first-order valence-corrected chi connectivity index (χ1v) is 13.6. The van der Waals surface area contributed by atoms with Crippen molar-refractivity contribution in [2.45, 2.75) is 64.8 Å². The molecular formula is C29H35FN6O4. The molecule has 2 saturated heterocycles. The molecule has 0 unspecified atom stereocenters. The van der Waals surface area contributed by atoms with E-state index < -0.39 is 23.6 Å². The first kappa shape index (κ1) is 27.6. The Hall–Kier alpha value is -3.91. The minimum atomic E-state index is -0.714. The number of fused-ring (bicyclic) bond motifs is 1. The van der Waals surface area contributed by atoms with Gasteiger partial charge in [-0.15, -0.1) is 0 Å². The van der Waals surface area contributed by atoms with Crippen LogP contribution in [-0.4, -0.2) is 76.6 Å². The lowest BCUT2D eigenvalue weighted by molar-refractivity contribution is -0.0468. The molecule has 5 rings (SSSR count). The van der Waals surface area contributed by atoms with Crippen LogP contribution < -0.4 is 9.64 Å². The van der Waals surface area contributed by atoms with E-state index in [1.165, 1.54) is 13.2 Å². The first-order chi connectivity index (χ1) is 19.1. The van der Waals surface area contributed by atoms with Crippen LogP contribution in [0.15, 0.2) is 24.4 Å². The molecule has 10 nitrogen and oxygen atoms in total. The zero-order valence-corrected chi connectivity index (χ0v) is 23.6. The molecule has 40 heavy (non-hydrogen) atoms. The highest BCUT2D eigenvalue weighted by molar-refractivity contribution is 5.88. The van der Waals surface area contributed by atoms with Gasteiger partial charge < -0.3 is 28.6 Å². The number of amides is 1. The molecule has 2 aromatic heterocycles. The second kappa shape index (κ2) is 10.9. The van der Waals surface area contributed by atoms with Crippen LogP contribution in [0.2, 0.25) is 0 Å². The summed E-state index contributed by atoms with van der Waals surface area (Å²) in [5, 5.41) is 9.51. The zero-order chi connectivity index (χ0) is 28.6. The molecule has 212 valence electrons. The lowest BCUT2D eigenvalue weighted by atomic mass is 10.1. The van der Waals surface area contributed by atoms with E-state index in [-0.39, 0.29) is 17.6 Å². The fraction of sp³-hybridized carbons (Fsp3) is 0.517. The molecule has 1 amide bonds. The number of benzene rings is 1. The average Bonchev–Trinajstić information content (AvgIpc) is 3.52. The molecule has 0 radical (unpaired) electrons. The van der Waals surface area contributed by atoms with Gasteiger partial charge in [-0.05, 0) is 52.7 Å². The predicted molar refractivity (Wildman–Crippen MR) is 148 cm³/mol. The largest absolute Gasteiger partial charge is 0.494 e. The third-order valence-corrected chi connectivity index (χ3v) is 7.29. The maximum Gasteiger partial charge on any atom is 0.410 e. The first-order valence-electron chi connectivity index (χ1n) is 13.6. The monoisotopic (exact) mass is 550 g/mol. The Morgan fingerprint density at radius 3 is 2.73 bits per heavy atom. The average molecular weight is 551 g/mol. The number of rotatable bonds is 5. The Morgan fingerprint density at radius 1 is 1.30 bits per heavy atom. The van der Waals surface area contributed by atoms with Gasteiger partial charge in [0.2, 0.25) is 0 Å². The Labute approximate surface area is 233 Å². The molecule has 0 N–H and O–H groups in total. The summed E-state index contributed by atoms with van der Waals surface area (Å²) in [5.74, 6) is 0.958. The van der Waals surface area contributed by atoms with Gasteiger partial charge in [0.25, 0.3) is 0 Å². The van der Waals surface area contributed by atoms with Crippen molar-refractivity contribution < 1.29 is 23.4 Å². The van der Waals surface area contributed by atoms with Crippen LogP contribution in [0.4, 0.5) is 15.0 Å². The molecule has 0 spiro atoms. The number of imidazole rings is 1. The number of hydrogen-bond donors (Lipinski definition) is 0. The maximum atomic E-state index is 15.4. The minimum Gasteiger partial charge on any atom is -0.494 e. The van der Waals surface area contributed by atoms with Crippen molar-refractivity contribution in [3.63, 3.8) is 0 Å². The molecular weight excluding hydrogens is 515 g/mol. The Bertz CT molecular complexity index is 1440. The summed E-state index contributed by atoms with van der Waals surface area (Å²) in [6.45, 7) is 9.92. The van der Waals surface area contributed by atoms with Gasteiger partial charge in [0, 0.05) is 37.0 Å². The topological polar surface area (TPSA) is 106 Å². The SMILES string of the molecule is COc1cc(C#N)c(F)c2nc(-c3ccc(N4CCC[C@@H]4C)nc3)n(C[C@@H]3CN(C(=O)OC(C)(C)C)CCO3)c12. The fourth-order valence-electron chi connectivity index (χ4n) is 5.37. The van der Waals surface area contributed by atoms with E-state index in [0.29, 0.717) is 48.4 Å². The van der Waals surface area contributed by atoms with Crippen LogP contribution in [0.5, 0.6) is 5.75 Å². The number of carbonyl (C=O) groups is 1. The fourth-order valence-corrected chi connectivity index (χ4v) is 5.37. The molecule has 2 aliphatic heterocycles. The molecule has 2 fully saturated rings. The molecule has 0 aliphatic carbocycles. The molecule has 1 aromatic carbocycles. The lowest BCUT2D eigenvalue weighted by Crippen LogP contribution is -2.48. The second-order valence-electron chi connectivity index (χ2n) is 11.3. The Kier molecular flexibility index (Phi) is 7.55. The number of nitriles is 1. The van der Waals surface area contributed by atoms with Gasteiger partial charge in [-0.1, -0.05) is 0 Å². The third-order valence-electron chi connectivity index (χ3n) is 7.29. The number of hydrogen-bond acceptors (Lipinski definition) is 8. The number of aromatic nitrogens is 3. The summed E-state index contributed by atoms with van der Waals surface area (Å²) in [6, 6.07) is 7.57. The van der Waals surface area contributed by atoms with E-state index >= 15 is 4.39 Å². The number of carbonyl (C=O) groups excluding carboxylic acids is 1. The van der Waals surface area contributed by atoms with E-state index in [9.17, 15) is 10.1 Å². The number of pyridine rings is 1. The lowest BCUT2D eigenvalue weighted by Gasteiger charge is -2.34. The number of anilines is 1. The van der Waals surface area contributed by atoms with Crippen molar-refractivity contribution in [2.75, 3.05) is 38.3 Å². The number of halogens is 1. The highest BCUT2D eigenvalue weighted by atomic mass is 19.1. The summed E-state index contributed by atoms with van der Waals surface area (Å²) in [7, 11) is 1.47. The molecule has 3 aromatic rings. The standard InChI is InChI=1S/C29H35FN6O4/c1-18-7-6-10-35(18)23-9-8-19(15-32-23)27-33-25-24(30)20(14-31)13-22(38-5)26(25)36(27)17-21-16-34(11-12-39-21)28(37)40-29(2,3)4/h8-9,13,15,18,21H,6-7,10-12,16-17H2,1-5H3/t18-,21-/m0/s1. The van der Waals surface area contributed by atoms with Crippen molar-refractivity contribution in [3.8, 4) is 23.2 Å². The van der Waals surface area contributed by atoms with Gasteiger partial charge in [0.15, 0.2) is 5.82 Å². The predicted octanol–water partition coefficient (Wildman–Crippen LogP) is 4.74. The van der Waals surface area contributed by atoms with Crippen LogP contribution in [-0.2, 0) is 16.0 Å². The van der Waals surface area contributed by atoms with Gasteiger partial charge in [-0.3, -0.25) is 0 Å². The molecule has 0 bridgehead atoms. The van der Waals surface area contributed by atoms with Gasteiger partial charge in [-0.2, -0.15) is 5.26 Å². The van der Waals surface area contributed by atoms with Crippen molar-refractivity contribution in [2.24, 2.45) is 0 Å². The van der Waals surface area contributed by atoms with E-state index in [4.69, 9.17) is 19.2 Å². The number of morpholine rings is 1. The minimum absolute atomic E-state index is 0.0305. The summed E-state index contributed by atoms with van der Waals surface area (Å²) in [4.78, 5) is 26.0. The van der Waals surface area contributed by atoms with Crippen LogP contribution >= 0.6 is 0 Å². The highest BCUT2D eigenvalue weighted by Crippen LogP contribution is 2.35. The highest BCUT2D eigenvalue weighted by Gasteiger charge is 2.31. The van der Waals surface area contributed by atoms with Gasteiger partial charge in [-0.25, -0.2) is 19.2 Å². The maximum absolute atomic E-state index is 15.4. The Balaban J connectivity index is 1.54. The van der Waals surface area contributed by atoms with E-state index in [0.717, 1.165) is 25.2 Å². The second-order valence-corrected chi connectivity index (χ2v) is 11.3. The molecule has 4 heterocycles. The molecule has 11 heteroatoms. The van der Waals surface area contributed by atoms with Crippen molar-refractivity contribution in [1.29, 1.82) is 5.26 Å². The van der Waals surface area contributed by atoms with Gasteiger partial charge in [0.1, 0.15) is 40.1 Å². The van der Waals surface area contributed by atoms with Crippen LogP contribution in [0.3, 0.4) is 0 Å². The summed E-state index contributed by atoms with van der Waals surface area (Å²) < 4.78 is 34.5. The van der Waals surface area contributed by atoms with Gasteiger partial charge >= 0.3 is 6.09 Å². The summed E-state index contributed by atoms with van der Waals surface area (Å²) in [5.41, 5.74) is 0.356. The van der Waals surface area contributed by atoms with Crippen molar-refractivity contribution in [3.05, 3.63) is 35.8 Å². The molecule has 2 aliphatic rings. The summed E-state index contributed by atoms with van der Waals surface area (Å²) in [6.07, 6.45) is 3.17. The summed E-state index contributed by atoms with van der Waals surface area (Å²) >= 11 is 0. The van der Waals surface area contributed by atoms with Crippen LogP contribution in [0.1, 0.15) is 46.1 Å². The number of nitrogens with zero attached hydrogens (tertiary/aromatic N) is 6. The van der Waals surface area contributed by atoms with Crippen molar-refractivity contribution in [1.82, 2.24) is 19.4 Å². The van der Waals surface area contributed by atoms with E-state index in [1.54, 1.807) is 11.1 Å². The van der Waals surface area contributed by atoms with Crippen LogP contribution in [0.25, 0.3) is 22.4 Å². The quantitative estimate of drug-likeness (QED) is 0.449. The molecule has 0 saturated carbocycles. The smallest absolute Gasteiger partial charge is 0.410 e. The number of methoxy groups -OCH3 is 1. The molecule has 2 atom stereocenters. The number of ether oxygens (including phenoxy) is 3.